The summed E-state index contributed by atoms with van der Waals surface area (Å²) < 4.78 is 7.14. The Morgan fingerprint density at radius 2 is 2.24 bits per heavy atom. The third-order valence-electron chi connectivity index (χ3n) is 4.32. The number of piperidine rings is 1. The quantitative estimate of drug-likeness (QED) is 0.848. The Kier molecular flexibility index (Phi) is 5.47. The molecular formula is C17H21N3O4S. The van der Waals surface area contributed by atoms with Crippen LogP contribution in [0.2, 0.25) is 0 Å². The summed E-state index contributed by atoms with van der Waals surface area (Å²) in [6.07, 6.45) is 5.37. The van der Waals surface area contributed by atoms with Gasteiger partial charge in [0.05, 0.1) is 5.75 Å². The first-order valence-electron chi connectivity index (χ1n) is 8.19. The molecule has 1 aliphatic heterocycles. The largest absolute Gasteiger partial charge is 0.480 e. The van der Waals surface area contributed by atoms with Crippen molar-refractivity contribution in [1.29, 1.82) is 0 Å². The van der Waals surface area contributed by atoms with Gasteiger partial charge < -0.3 is 14.4 Å². The molecule has 1 unspecified atom stereocenters. The molecule has 0 radical (unpaired) electrons. The molecule has 0 spiro atoms. The second kappa shape index (κ2) is 7.77. The number of carboxylic acids is 1. The molecule has 1 fully saturated rings. The second-order valence-corrected chi connectivity index (χ2v) is 6.96. The predicted octanol–water partition coefficient (Wildman–Crippen LogP) is 2.44. The number of amides is 1. The van der Waals surface area contributed by atoms with E-state index in [4.69, 9.17) is 9.52 Å². The number of carbonyl (C=O) groups excluding carboxylic acids is 1. The summed E-state index contributed by atoms with van der Waals surface area (Å²) in [5.74, 6) is 0.949. The van der Waals surface area contributed by atoms with Gasteiger partial charge in [0, 0.05) is 30.9 Å². The van der Waals surface area contributed by atoms with Crippen molar-refractivity contribution in [2.75, 3.05) is 19.3 Å². The highest BCUT2D eigenvalue weighted by atomic mass is 32.2. The summed E-state index contributed by atoms with van der Waals surface area (Å²) in [7, 11) is 0. The van der Waals surface area contributed by atoms with E-state index >= 15 is 0 Å². The molecule has 1 amide bonds. The molecule has 1 aliphatic rings. The molecule has 2 aromatic heterocycles. The van der Waals surface area contributed by atoms with Crippen LogP contribution in [0, 0.1) is 0 Å². The van der Waals surface area contributed by atoms with Crippen molar-refractivity contribution in [1.82, 2.24) is 14.7 Å². The summed E-state index contributed by atoms with van der Waals surface area (Å²) in [6, 6.07) is 5.41. The van der Waals surface area contributed by atoms with Crippen LogP contribution < -0.4 is 0 Å². The van der Waals surface area contributed by atoms with Gasteiger partial charge in [-0.1, -0.05) is 0 Å². The Balaban J connectivity index is 1.71. The number of carboxylic acid groups (broad SMARTS) is 1. The number of hydrogen-bond acceptors (Lipinski definition) is 5. The molecule has 1 atom stereocenters. The number of nitrogens with zero attached hydrogens (tertiary/aromatic N) is 3. The summed E-state index contributed by atoms with van der Waals surface area (Å²) in [4.78, 5) is 25.5. The number of rotatable bonds is 6. The first-order valence-corrected chi connectivity index (χ1v) is 9.58. The average molecular weight is 363 g/mol. The van der Waals surface area contributed by atoms with E-state index in [0.717, 1.165) is 30.0 Å². The molecule has 1 saturated heterocycles. The van der Waals surface area contributed by atoms with Crippen LogP contribution in [0.15, 0.2) is 28.8 Å². The maximum atomic E-state index is 12.7. The zero-order valence-corrected chi connectivity index (χ0v) is 14.9. The van der Waals surface area contributed by atoms with Crippen LogP contribution in [0.1, 0.15) is 40.8 Å². The monoisotopic (exact) mass is 363 g/mol. The van der Waals surface area contributed by atoms with Gasteiger partial charge in [-0.2, -0.15) is 16.9 Å². The zero-order valence-electron chi connectivity index (χ0n) is 14.1. The van der Waals surface area contributed by atoms with Crippen LogP contribution in [0.5, 0.6) is 0 Å². The molecule has 1 N–H and O–H groups in total. The number of likely N-dealkylation sites (tertiary alicyclic amines) is 1. The third kappa shape index (κ3) is 4.07. The minimum absolute atomic E-state index is 0.0835. The first-order chi connectivity index (χ1) is 12.1. The molecule has 7 nitrogen and oxygen atoms in total. The van der Waals surface area contributed by atoms with Gasteiger partial charge in [0.15, 0.2) is 5.76 Å². The van der Waals surface area contributed by atoms with E-state index in [1.165, 1.54) is 4.68 Å². The molecule has 134 valence electrons. The molecule has 8 heteroatoms. The Morgan fingerprint density at radius 1 is 1.40 bits per heavy atom. The van der Waals surface area contributed by atoms with E-state index in [-0.39, 0.29) is 18.4 Å². The van der Waals surface area contributed by atoms with Gasteiger partial charge in [-0.3, -0.25) is 14.3 Å². The standard InChI is InChI=1S/C17H21N3O4S/c1-25-11-13-4-5-15(24-13)17(23)19-8-2-3-12(9-19)14-6-7-18-20(14)10-16(21)22/h4-7,12H,2-3,8-11H2,1H3,(H,21,22). The van der Waals surface area contributed by atoms with Crippen LogP contribution in [-0.2, 0) is 17.1 Å². The van der Waals surface area contributed by atoms with Crippen LogP contribution >= 0.6 is 11.8 Å². The van der Waals surface area contributed by atoms with Crippen molar-refractivity contribution in [3.63, 3.8) is 0 Å². The van der Waals surface area contributed by atoms with E-state index in [1.807, 2.05) is 18.4 Å². The predicted molar refractivity (Wildman–Crippen MR) is 93.7 cm³/mol. The summed E-state index contributed by atoms with van der Waals surface area (Å²) >= 11 is 1.64. The van der Waals surface area contributed by atoms with Gasteiger partial charge >= 0.3 is 5.97 Å². The normalized spacial score (nSPS) is 17.6. The SMILES string of the molecule is CSCc1ccc(C(=O)N2CCCC(c3ccnn3CC(=O)O)C2)o1. The smallest absolute Gasteiger partial charge is 0.325 e. The van der Waals surface area contributed by atoms with Crippen LogP contribution in [0.3, 0.4) is 0 Å². The Labute approximate surface area is 150 Å². The zero-order chi connectivity index (χ0) is 17.8. The molecule has 2 aromatic rings. The number of aliphatic carboxylic acids is 1. The van der Waals surface area contributed by atoms with Gasteiger partial charge in [-0.15, -0.1) is 0 Å². The van der Waals surface area contributed by atoms with Crippen LogP contribution in [0.4, 0.5) is 0 Å². The van der Waals surface area contributed by atoms with Gasteiger partial charge in [0.1, 0.15) is 12.3 Å². The molecule has 0 aliphatic carbocycles. The van der Waals surface area contributed by atoms with Crippen LogP contribution in [0.25, 0.3) is 0 Å². The van der Waals surface area contributed by atoms with Crippen molar-refractivity contribution in [2.24, 2.45) is 0 Å². The fraction of sp³-hybridized carbons (Fsp3) is 0.471. The van der Waals surface area contributed by atoms with Gasteiger partial charge in [-0.25, -0.2) is 0 Å². The molecule has 0 saturated carbocycles. The van der Waals surface area contributed by atoms with Crippen molar-refractivity contribution >= 4 is 23.6 Å². The minimum atomic E-state index is -0.925. The Morgan fingerprint density at radius 3 is 3.00 bits per heavy atom. The highest BCUT2D eigenvalue weighted by molar-refractivity contribution is 7.97. The van der Waals surface area contributed by atoms with E-state index < -0.39 is 5.97 Å². The van der Waals surface area contributed by atoms with Crippen molar-refractivity contribution < 1.29 is 19.1 Å². The maximum Gasteiger partial charge on any atom is 0.325 e. The highest BCUT2D eigenvalue weighted by Crippen LogP contribution is 2.28. The molecule has 0 aromatic carbocycles. The van der Waals surface area contributed by atoms with Gasteiger partial charge in [0.25, 0.3) is 5.91 Å². The molecule has 3 heterocycles. The number of furan rings is 1. The van der Waals surface area contributed by atoms with Crippen molar-refractivity contribution in [2.45, 2.75) is 31.1 Å². The number of hydrogen-bond donors (Lipinski definition) is 1. The van der Waals surface area contributed by atoms with E-state index in [1.54, 1.807) is 28.9 Å². The maximum absolute atomic E-state index is 12.7. The fourth-order valence-corrected chi connectivity index (χ4v) is 3.66. The molecular weight excluding hydrogens is 342 g/mol. The summed E-state index contributed by atoms with van der Waals surface area (Å²) in [5, 5.41) is 13.1. The summed E-state index contributed by atoms with van der Waals surface area (Å²) in [6.45, 7) is 1.06. The highest BCUT2D eigenvalue weighted by Gasteiger charge is 2.29. The first kappa shape index (κ1) is 17.6. The molecule has 25 heavy (non-hydrogen) atoms. The topological polar surface area (TPSA) is 88.6 Å². The van der Waals surface area contributed by atoms with E-state index in [2.05, 4.69) is 5.10 Å². The minimum Gasteiger partial charge on any atom is -0.480 e. The lowest BCUT2D eigenvalue weighted by Gasteiger charge is -2.32. The second-order valence-electron chi connectivity index (χ2n) is 6.10. The van der Waals surface area contributed by atoms with Crippen LogP contribution in [-0.4, -0.2) is 51.0 Å². The van der Waals surface area contributed by atoms with Gasteiger partial charge in [0.2, 0.25) is 0 Å². The number of carbonyl (C=O) groups is 2. The Bertz CT molecular complexity index is 755. The third-order valence-corrected chi connectivity index (χ3v) is 4.89. The van der Waals surface area contributed by atoms with E-state index in [9.17, 15) is 9.59 Å². The van der Waals surface area contributed by atoms with Crippen molar-refractivity contribution in [3.8, 4) is 0 Å². The lowest BCUT2D eigenvalue weighted by molar-refractivity contribution is -0.137. The number of aromatic nitrogens is 2. The van der Waals surface area contributed by atoms with Crippen molar-refractivity contribution in [3.05, 3.63) is 41.6 Å². The molecule has 3 rings (SSSR count). The average Bonchev–Trinajstić information content (AvgIpc) is 3.24. The molecule has 0 bridgehead atoms. The lowest BCUT2D eigenvalue weighted by atomic mass is 9.94. The summed E-state index contributed by atoms with van der Waals surface area (Å²) in [5.41, 5.74) is 0.863. The van der Waals surface area contributed by atoms with Gasteiger partial charge in [-0.05, 0) is 37.3 Å². The fourth-order valence-electron chi connectivity index (χ4n) is 3.22. The Hall–Kier alpha value is -2.22. The van der Waals surface area contributed by atoms with E-state index in [0.29, 0.717) is 18.8 Å². The lowest BCUT2D eigenvalue weighted by Crippen LogP contribution is -2.39. The number of thioether (sulfide) groups is 1.